The van der Waals surface area contributed by atoms with E-state index in [-0.39, 0.29) is 17.8 Å². The Morgan fingerprint density at radius 3 is 1.40 bits per heavy atom. The van der Waals surface area contributed by atoms with Gasteiger partial charge >= 0.3 is 12.2 Å². The molecule has 0 atom stereocenters. The van der Waals surface area contributed by atoms with Crippen molar-refractivity contribution in [2.45, 2.75) is 108 Å². The standard InChI is InChI=1S/C21H23NO5S.C21H25NO5S.C16H15NO3S/c1-20(2,3)27-19(25)22-10-8-21(9-11-22)12-28-18-16(24)15(23)13-6-4-5-7-14(13)17(18)26-21;1-20(2,3)27-19(25)22-10-8-21(26,9-11-22)13-28-17-12-16(23)18(24)15-7-5-4-6-14(15)17;18-12-10-3-1-2-4-11(10)14-15(13(12)19)21-9-16(20-14)5-7-17-8-6-16/h4-7H,8-12H2,1-3H3;4-7,12,26H,8-11,13H2,1-3H3;1-4,17H,5-9H2. The number of carbonyl (C=O) groups excluding carboxylic acids is 8. The van der Waals surface area contributed by atoms with Crippen molar-refractivity contribution in [2.24, 2.45) is 0 Å². The molecule has 3 aromatic rings. The Kier molecular flexibility index (Phi) is 16.0. The second-order valence-corrected chi connectivity index (χ2v) is 25.3. The molecule has 19 heteroatoms. The maximum atomic E-state index is 12.5. The van der Waals surface area contributed by atoms with Gasteiger partial charge in [-0.3, -0.25) is 28.8 Å². The molecule has 0 saturated carbocycles. The van der Waals surface area contributed by atoms with E-state index in [1.807, 2.05) is 77.9 Å². The predicted molar refractivity (Wildman–Crippen MR) is 295 cm³/mol. The number of aliphatic hydroxyl groups is 1. The third-order valence-electron chi connectivity index (χ3n) is 14.3. The molecule has 3 aromatic carbocycles. The van der Waals surface area contributed by atoms with Crippen LogP contribution in [-0.2, 0) is 33.3 Å². The van der Waals surface area contributed by atoms with Gasteiger partial charge in [-0.2, -0.15) is 0 Å². The zero-order chi connectivity index (χ0) is 55.1. The average molecular weight is 1110 g/mol. The van der Waals surface area contributed by atoms with Gasteiger partial charge in [0.15, 0.2) is 0 Å². The Morgan fingerprint density at radius 2 is 0.961 bits per heavy atom. The van der Waals surface area contributed by atoms with Crippen molar-refractivity contribution >= 4 is 98.6 Å². The quantitative estimate of drug-likeness (QED) is 0.234. The van der Waals surface area contributed by atoms with E-state index in [4.69, 9.17) is 18.9 Å². The van der Waals surface area contributed by atoms with E-state index in [1.54, 1.807) is 46.2 Å². The van der Waals surface area contributed by atoms with Crippen LogP contribution < -0.4 is 5.32 Å². The molecule has 2 amide bonds. The maximum absolute atomic E-state index is 12.5. The Balaban J connectivity index is 0.000000142. The number of thioether (sulfide) groups is 3. The number of amides is 2. The van der Waals surface area contributed by atoms with Gasteiger partial charge in [0, 0.05) is 108 Å². The smallest absolute Gasteiger partial charge is 0.410 e. The molecule has 5 aliphatic heterocycles. The Hall–Kier alpha value is -5.99. The van der Waals surface area contributed by atoms with Gasteiger partial charge in [-0.1, -0.05) is 72.8 Å². The number of benzene rings is 3. The van der Waals surface area contributed by atoms with E-state index in [0.29, 0.717) is 112 Å². The van der Waals surface area contributed by atoms with E-state index in [9.17, 15) is 43.5 Å². The number of likely N-dealkylation sites (tertiary alicyclic amines) is 2. The fourth-order valence-electron chi connectivity index (χ4n) is 10.0. The Bertz CT molecular complexity index is 3030. The molecule has 0 unspecified atom stereocenters. The monoisotopic (exact) mass is 1110 g/mol. The molecular weight excluding hydrogens is 1040 g/mol. The molecular formula is C58H63N3O13S3. The van der Waals surface area contributed by atoms with E-state index in [1.165, 1.54) is 41.4 Å². The zero-order valence-electron chi connectivity index (χ0n) is 44.1. The van der Waals surface area contributed by atoms with Gasteiger partial charge in [-0.25, -0.2) is 9.59 Å². The first kappa shape index (κ1) is 55.8. The lowest BCUT2D eigenvalue weighted by Crippen LogP contribution is -2.51. The number of piperidine rings is 3. The first-order valence-electron chi connectivity index (χ1n) is 25.9. The summed E-state index contributed by atoms with van der Waals surface area (Å²) in [4.78, 5) is 103. The van der Waals surface area contributed by atoms with Gasteiger partial charge in [0.25, 0.3) is 0 Å². The number of fused-ring (bicyclic) bond motifs is 5. The topological polar surface area (TPSA) is 212 Å². The number of ketones is 6. The third kappa shape index (κ3) is 12.2. The number of rotatable bonds is 3. The van der Waals surface area contributed by atoms with Crippen molar-refractivity contribution in [3.8, 4) is 0 Å². The van der Waals surface area contributed by atoms with Crippen molar-refractivity contribution < 1.29 is 62.4 Å². The van der Waals surface area contributed by atoms with Gasteiger partial charge < -0.3 is 39.2 Å². The first-order chi connectivity index (χ1) is 36.5. The summed E-state index contributed by atoms with van der Waals surface area (Å²) in [7, 11) is 0. The highest BCUT2D eigenvalue weighted by Crippen LogP contribution is 2.49. The van der Waals surface area contributed by atoms with Crippen molar-refractivity contribution in [1.29, 1.82) is 0 Å². The van der Waals surface area contributed by atoms with Crippen LogP contribution in [-0.4, -0.2) is 146 Å². The second-order valence-electron chi connectivity index (χ2n) is 22.3. The lowest BCUT2D eigenvalue weighted by atomic mass is 9.90. The molecule has 2 N–H and O–H groups in total. The van der Waals surface area contributed by atoms with Crippen LogP contribution in [0.5, 0.6) is 0 Å². The number of ether oxygens (including phenoxy) is 4. The SMILES string of the molecule is CC(C)(C)OC(=O)N1CCC(O)(CSC2=CC(=O)C(=O)c3ccccc32)CC1.CC(C)(C)OC(=O)N1CCC2(CC1)CSC1=C(O2)c2ccccc2C(=O)C1=O.O=C1C(=O)c2ccccc2C2=C1SCC1(CCNCC1)O2. The highest BCUT2D eigenvalue weighted by atomic mass is 32.2. The minimum atomic E-state index is -0.941. The fourth-order valence-corrected chi connectivity index (χ4v) is 13.8. The number of hydrogen-bond donors (Lipinski definition) is 2. The lowest BCUT2D eigenvalue weighted by Gasteiger charge is -2.45. The molecule has 406 valence electrons. The summed E-state index contributed by atoms with van der Waals surface area (Å²) in [5.41, 5.74) is 0.777. The van der Waals surface area contributed by atoms with Crippen LogP contribution in [0.25, 0.3) is 16.4 Å². The van der Waals surface area contributed by atoms with E-state index >= 15 is 0 Å². The summed E-state index contributed by atoms with van der Waals surface area (Å²) in [6.07, 6.45) is 4.71. The van der Waals surface area contributed by atoms with Crippen molar-refractivity contribution in [2.75, 3.05) is 56.5 Å². The van der Waals surface area contributed by atoms with Crippen LogP contribution >= 0.6 is 35.3 Å². The summed E-state index contributed by atoms with van der Waals surface area (Å²) in [5, 5.41) is 14.3. The van der Waals surface area contributed by atoms with Crippen LogP contribution in [0.2, 0.25) is 0 Å². The fraction of sp³-hybridized carbons (Fsp3) is 0.448. The van der Waals surface area contributed by atoms with Gasteiger partial charge in [-0.05, 0) is 73.0 Å². The molecule has 5 heterocycles. The van der Waals surface area contributed by atoms with Crippen molar-refractivity contribution in [1.82, 2.24) is 15.1 Å². The maximum Gasteiger partial charge on any atom is 0.410 e. The first-order valence-corrected chi connectivity index (χ1v) is 28.8. The van der Waals surface area contributed by atoms with E-state index < -0.39 is 57.1 Å². The van der Waals surface area contributed by atoms with Crippen LogP contribution in [0.3, 0.4) is 0 Å². The minimum Gasteiger partial charge on any atom is -0.484 e. The third-order valence-corrected chi connectivity index (χ3v) is 18.3. The highest BCUT2D eigenvalue weighted by Gasteiger charge is 2.48. The normalized spacial score (nSPS) is 21.1. The summed E-state index contributed by atoms with van der Waals surface area (Å²) in [5.74, 6) is 0.0357. The average Bonchev–Trinajstić information content (AvgIpc) is 3.45. The Morgan fingerprint density at radius 1 is 0.571 bits per heavy atom. The Labute approximate surface area is 460 Å². The summed E-state index contributed by atoms with van der Waals surface area (Å²) in [6.45, 7) is 14.8. The van der Waals surface area contributed by atoms with E-state index in [2.05, 4.69) is 5.32 Å². The number of hydrogen-bond acceptors (Lipinski definition) is 17. The number of nitrogens with one attached hydrogen (secondary N) is 1. The number of Topliss-reactive ketones (excluding diaryl/α,β-unsaturated/α-hetero) is 5. The van der Waals surface area contributed by atoms with Crippen LogP contribution in [0, 0.1) is 0 Å². The van der Waals surface area contributed by atoms with Crippen molar-refractivity contribution in [3.05, 3.63) is 122 Å². The number of nitrogens with zero attached hydrogens (tertiary/aromatic N) is 2. The molecule has 3 aliphatic carbocycles. The van der Waals surface area contributed by atoms with Gasteiger partial charge in [-0.15, -0.1) is 35.3 Å². The largest absolute Gasteiger partial charge is 0.484 e. The molecule has 11 rings (SSSR count). The van der Waals surface area contributed by atoms with Crippen LogP contribution in [0.15, 0.2) is 88.7 Å². The molecule has 2 spiro atoms. The summed E-state index contributed by atoms with van der Waals surface area (Å²) in [6, 6.07) is 21.3. The molecule has 0 radical (unpaired) electrons. The molecule has 3 saturated heterocycles. The highest BCUT2D eigenvalue weighted by molar-refractivity contribution is 8.08. The molecule has 77 heavy (non-hydrogen) atoms. The molecule has 0 aromatic heterocycles. The van der Waals surface area contributed by atoms with Crippen LogP contribution in [0.4, 0.5) is 9.59 Å². The second kappa shape index (κ2) is 22.0. The van der Waals surface area contributed by atoms with E-state index in [0.717, 1.165) is 42.8 Å². The summed E-state index contributed by atoms with van der Waals surface area (Å²) >= 11 is 4.26. The van der Waals surface area contributed by atoms with Gasteiger partial charge in [0.2, 0.25) is 34.7 Å². The predicted octanol–water partition coefficient (Wildman–Crippen LogP) is 8.95. The molecule has 0 bridgehead atoms. The molecule has 16 nitrogen and oxygen atoms in total. The van der Waals surface area contributed by atoms with Crippen molar-refractivity contribution in [3.63, 3.8) is 0 Å². The minimum absolute atomic E-state index is 0.206. The number of allylic oxidation sites excluding steroid dienone is 3. The molecule has 8 aliphatic rings. The summed E-state index contributed by atoms with van der Waals surface area (Å²) < 4.78 is 23.6. The lowest BCUT2D eigenvalue weighted by molar-refractivity contribution is -0.112. The zero-order valence-corrected chi connectivity index (χ0v) is 46.5. The van der Waals surface area contributed by atoms with Crippen LogP contribution in [0.1, 0.15) is 128 Å². The molecule has 3 fully saturated rings. The van der Waals surface area contributed by atoms with Gasteiger partial charge in [0.05, 0.1) is 5.60 Å². The van der Waals surface area contributed by atoms with Gasteiger partial charge in [0.1, 0.15) is 43.7 Å². The number of carbonyl (C=O) groups is 8.